The predicted molar refractivity (Wildman–Crippen MR) is 179 cm³/mol. The van der Waals surface area contributed by atoms with Gasteiger partial charge in [0.25, 0.3) is 6.47 Å². The third kappa shape index (κ3) is 16.1. The molecule has 2 rings (SSSR count). The van der Waals surface area contributed by atoms with E-state index in [0.29, 0.717) is 16.8 Å². The summed E-state index contributed by atoms with van der Waals surface area (Å²) in [4.78, 5) is 24.7. The van der Waals surface area contributed by atoms with E-state index in [2.05, 4.69) is 30.1 Å². The SMILES string of the molecule is C#CCC.CCCC.C\C=C/C=C(Nc1ccc(C(C)=O)c(CC)c1)\C(C)=N\C=C(/C)c1ccc(C)c(F)c1F.O=CO. The number of carbonyl (C=O) groups excluding carboxylic acids is 1. The van der Waals surface area contributed by atoms with E-state index in [-0.39, 0.29) is 23.4 Å². The number of halogens is 2. The van der Waals surface area contributed by atoms with E-state index in [1.165, 1.54) is 26.0 Å². The molecule has 0 fully saturated rings. The Bertz CT molecular complexity index is 1310. The third-order valence-electron chi connectivity index (χ3n) is 5.85. The average molecular weight is 595 g/mol. The van der Waals surface area contributed by atoms with Crippen LogP contribution in [0, 0.1) is 30.9 Å². The van der Waals surface area contributed by atoms with E-state index < -0.39 is 11.6 Å². The molecule has 0 spiro atoms. The second-order valence-corrected chi connectivity index (χ2v) is 9.26. The summed E-state index contributed by atoms with van der Waals surface area (Å²) in [6.45, 7) is 16.6. The van der Waals surface area contributed by atoms with Crippen LogP contribution in [0.1, 0.15) is 102 Å². The molecule has 5 nitrogen and oxygen atoms in total. The number of allylic oxidation sites excluding steroid dienone is 5. The number of rotatable bonds is 9. The summed E-state index contributed by atoms with van der Waals surface area (Å²) in [5, 5.41) is 10.2. The summed E-state index contributed by atoms with van der Waals surface area (Å²) in [5.41, 5.74) is 4.91. The Hall–Kier alpha value is -4.31. The minimum absolute atomic E-state index is 0.0382. The Labute approximate surface area is 257 Å². The minimum atomic E-state index is -0.868. The highest BCUT2D eigenvalue weighted by molar-refractivity contribution is 6.02. The number of anilines is 1. The number of aryl methyl sites for hydroxylation is 2. The number of nitrogens with one attached hydrogen (secondary N) is 1. The molecular weight excluding hydrogens is 546 g/mol. The van der Waals surface area contributed by atoms with Crippen LogP contribution in [0.4, 0.5) is 14.5 Å². The molecule has 0 aliphatic rings. The predicted octanol–water partition coefficient (Wildman–Crippen LogP) is 9.97. The highest BCUT2D eigenvalue weighted by atomic mass is 19.2. The fraction of sp³-hybridized carbons (Fsp3) is 0.361. The van der Waals surface area contributed by atoms with Crippen molar-refractivity contribution in [3.05, 3.63) is 94.3 Å². The molecule has 0 atom stereocenters. The number of Topliss-reactive ketones (excluding diaryl/α,β-unsaturated/α-hetero) is 1. The molecule has 43 heavy (non-hydrogen) atoms. The Morgan fingerprint density at radius 3 is 2.05 bits per heavy atom. The third-order valence-corrected chi connectivity index (χ3v) is 5.85. The van der Waals surface area contributed by atoms with Crippen LogP contribution in [0.3, 0.4) is 0 Å². The van der Waals surface area contributed by atoms with Gasteiger partial charge in [-0.25, -0.2) is 8.78 Å². The smallest absolute Gasteiger partial charge is 0.290 e. The Kier molecular flexibility index (Phi) is 23.1. The van der Waals surface area contributed by atoms with Crippen LogP contribution >= 0.6 is 0 Å². The van der Waals surface area contributed by atoms with Crippen molar-refractivity contribution in [2.75, 3.05) is 5.32 Å². The van der Waals surface area contributed by atoms with Crippen molar-refractivity contribution in [2.45, 2.75) is 88.0 Å². The monoisotopic (exact) mass is 594 g/mol. The summed E-state index contributed by atoms with van der Waals surface area (Å²) in [5.74, 6) is 0.760. The molecule has 0 saturated heterocycles. The van der Waals surface area contributed by atoms with E-state index in [4.69, 9.17) is 16.3 Å². The van der Waals surface area contributed by atoms with Gasteiger partial charge in [-0.15, -0.1) is 12.3 Å². The molecule has 0 aromatic heterocycles. The molecule has 0 saturated carbocycles. The van der Waals surface area contributed by atoms with Gasteiger partial charge in [0.2, 0.25) is 0 Å². The molecule has 2 N–H and O–H groups in total. The van der Waals surface area contributed by atoms with Gasteiger partial charge in [0.15, 0.2) is 17.4 Å². The summed E-state index contributed by atoms with van der Waals surface area (Å²) in [6, 6.07) is 8.75. The number of aliphatic imine (C=N–C) groups is 1. The van der Waals surface area contributed by atoms with Gasteiger partial charge in [0.05, 0.1) is 11.4 Å². The summed E-state index contributed by atoms with van der Waals surface area (Å²) in [6.07, 6.45) is 16.2. The minimum Gasteiger partial charge on any atom is -0.483 e. The van der Waals surface area contributed by atoms with E-state index in [0.717, 1.165) is 29.8 Å². The number of benzene rings is 2. The number of hydrogen-bond donors (Lipinski definition) is 2. The zero-order valence-electron chi connectivity index (χ0n) is 27.1. The fourth-order valence-electron chi connectivity index (χ4n) is 3.19. The van der Waals surface area contributed by atoms with Crippen molar-refractivity contribution in [2.24, 2.45) is 4.99 Å². The molecule has 2 aromatic rings. The van der Waals surface area contributed by atoms with Gasteiger partial charge in [0, 0.05) is 29.4 Å². The molecular formula is C36H48F2N2O3. The average Bonchev–Trinajstić information content (AvgIpc) is 3.00. The number of hydrogen-bond acceptors (Lipinski definition) is 4. The summed E-state index contributed by atoms with van der Waals surface area (Å²) >= 11 is 0. The molecule has 0 amide bonds. The highest BCUT2D eigenvalue weighted by Crippen LogP contribution is 2.23. The van der Waals surface area contributed by atoms with E-state index >= 15 is 0 Å². The van der Waals surface area contributed by atoms with Gasteiger partial charge in [0.1, 0.15) is 0 Å². The quantitative estimate of drug-likeness (QED) is 0.0995. The largest absolute Gasteiger partial charge is 0.483 e. The normalized spacial score (nSPS) is 11.2. The van der Waals surface area contributed by atoms with Gasteiger partial charge in [-0.1, -0.05) is 64.8 Å². The Balaban J connectivity index is 0. The van der Waals surface area contributed by atoms with Crippen LogP contribution < -0.4 is 5.32 Å². The first kappa shape index (κ1) is 40.8. The van der Waals surface area contributed by atoms with Gasteiger partial charge in [-0.2, -0.15) is 0 Å². The molecule has 234 valence electrons. The lowest BCUT2D eigenvalue weighted by molar-refractivity contribution is -0.122. The molecule has 7 heteroatoms. The molecule has 0 unspecified atom stereocenters. The summed E-state index contributed by atoms with van der Waals surface area (Å²) in [7, 11) is 0. The topological polar surface area (TPSA) is 78.8 Å². The number of nitrogens with zero attached hydrogens (tertiary/aromatic N) is 1. The van der Waals surface area contributed by atoms with Crippen LogP contribution in [-0.2, 0) is 11.2 Å². The second kappa shape index (κ2) is 24.3. The van der Waals surface area contributed by atoms with Gasteiger partial charge in [-0.05, 0) is 82.0 Å². The Morgan fingerprint density at radius 1 is 1.02 bits per heavy atom. The van der Waals surface area contributed by atoms with Crippen molar-refractivity contribution < 1.29 is 23.5 Å². The van der Waals surface area contributed by atoms with Crippen molar-refractivity contribution in [1.82, 2.24) is 0 Å². The van der Waals surface area contributed by atoms with Gasteiger partial charge < -0.3 is 10.4 Å². The van der Waals surface area contributed by atoms with Crippen LogP contribution in [0.5, 0.6) is 0 Å². The first-order valence-electron chi connectivity index (χ1n) is 14.4. The van der Waals surface area contributed by atoms with Crippen LogP contribution in [0.15, 0.2) is 65.4 Å². The van der Waals surface area contributed by atoms with E-state index in [1.807, 2.05) is 64.1 Å². The first-order chi connectivity index (χ1) is 20.4. The highest BCUT2D eigenvalue weighted by Gasteiger charge is 2.12. The van der Waals surface area contributed by atoms with Crippen molar-refractivity contribution in [1.29, 1.82) is 0 Å². The maximum Gasteiger partial charge on any atom is 0.290 e. The van der Waals surface area contributed by atoms with E-state index in [1.54, 1.807) is 26.0 Å². The van der Waals surface area contributed by atoms with Crippen molar-refractivity contribution in [3.8, 4) is 12.3 Å². The van der Waals surface area contributed by atoms with Crippen LogP contribution in [0.2, 0.25) is 0 Å². The van der Waals surface area contributed by atoms with Crippen LogP contribution in [0.25, 0.3) is 5.57 Å². The zero-order valence-corrected chi connectivity index (χ0v) is 27.1. The van der Waals surface area contributed by atoms with Gasteiger partial charge in [-0.3, -0.25) is 14.6 Å². The fourth-order valence-corrected chi connectivity index (χ4v) is 3.19. The summed E-state index contributed by atoms with van der Waals surface area (Å²) < 4.78 is 28.2. The van der Waals surface area contributed by atoms with Crippen molar-refractivity contribution >= 4 is 29.2 Å². The molecule has 2 aromatic carbocycles. The van der Waals surface area contributed by atoms with Crippen LogP contribution in [-0.4, -0.2) is 23.1 Å². The first-order valence-corrected chi connectivity index (χ1v) is 14.4. The number of carbonyl (C=O) groups is 2. The number of unbranched alkanes of at least 4 members (excludes halogenated alkanes) is 1. The van der Waals surface area contributed by atoms with Gasteiger partial charge >= 0.3 is 0 Å². The lowest BCUT2D eigenvalue weighted by Gasteiger charge is -2.13. The molecule has 0 radical (unpaired) electrons. The maximum absolute atomic E-state index is 14.3. The number of ketones is 1. The Morgan fingerprint density at radius 2 is 1.58 bits per heavy atom. The molecule has 0 bridgehead atoms. The molecule has 0 aliphatic carbocycles. The van der Waals surface area contributed by atoms with Crippen molar-refractivity contribution in [3.63, 3.8) is 0 Å². The molecule has 0 heterocycles. The lowest BCUT2D eigenvalue weighted by Crippen LogP contribution is -2.09. The maximum atomic E-state index is 14.3. The zero-order chi connectivity index (χ0) is 33.4. The van der Waals surface area contributed by atoms with E-state index in [9.17, 15) is 13.6 Å². The number of terminal acetylenes is 1. The lowest BCUT2D eigenvalue weighted by atomic mass is 10.0. The standard InChI is InChI=1S/C27H30F2N2O.C4H10.C4H6.CH2O2/c1-7-9-10-25(31-22-12-14-24(20(6)32)21(8-2)15-22)19(5)30-16-18(4)23-13-11-17(3)26(28)27(23)29;2*1-3-4-2;2-1-3/h7,9-16,31H,8H2,1-6H3;3-4H2,1-2H3;1H,4H2,2H3;1H,(H,2,3)/b9-7-,18-16+,25-10+,30-19+;;;. The second-order valence-electron chi connectivity index (χ2n) is 9.26. The molecule has 0 aliphatic heterocycles. The number of carboxylic acid groups (broad SMARTS) is 1.